The maximum atomic E-state index is 14.3. The van der Waals surface area contributed by atoms with Gasteiger partial charge in [0.15, 0.2) is 0 Å². The summed E-state index contributed by atoms with van der Waals surface area (Å²) < 4.78 is 35.3. The number of carbonyl (C=O) groups is 2. The van der Waals surface area contributed by atoms with Crippen molar-refractivity contribution in [2.24, 2.45) is 0 Å². The second-order valence-corrected chi connectivity index (χ2v) is 13.8. The standard InChI is InChI=1S/C37H41N3O5S/c1-27-16-22-35(23-17-27)46(43,44)40(32-18-20-34(21-19-32)45-33-14-5-4-6-15-33)26-36(41)39(25-30-11-9-10-28(2)24-30)29(3)37(42)38-31-12-7-8-13-31/h4-6,9-11,14-24,29,31H,7-8,12-13,25-26H2,1-3H3,(H,38,42). The monoisotopic (exact) mass is 639 g/mol. The number of aryl methyl sites for hydroxylation is 2. The molecule has 1 aliphatic carbocycles. The summed E-state index contributed by atoms with van der Waals surface area (Å²) in [6, 6.07) is 29.4. The zero-order valence-electron chi connectivity index (χ0n) is 26.6. The Bertz CT molecular complexity index is 1740. The smallest absolute Gasteiger partial charge is 0.264 e. The second-order valence-electron chi connectivity index (χ2n) is 11.9. The lowest BCUT2D eigenvalue weighted by Gasteiger charge is -2.32. The van der Waals surface area contributed by atoms with Gasteiger partial charge in [0.1, 0.15) is 24.1 Å². The first-order chi connectivity index (χ1) is 22.1. The Morgan fingerprint density at radius 3 is 2.13 bits per heavy atom. The zero-order valence-corrected chi connectivity index (χ0v) is 27.4. The van der Waals surface area contributed by atoms with Crippen LogP contribution in [0.15, 0.2) is 108 Å². The van der Waals surface area contributed by atoms with Gasteiger partial charge in [0.05, 0.1) is 10.6 Å². The molecule has 1 fully saturated rings. The molecule has 4 aromatic rings. The van der Waals surface area contributed by atoms with E-state index in [4.69, 9.17) is 4.74 Å². The minimum absolute atomic E-state index is 0.0628. The van der Waals surface area contributed by atoms with Crippen molar-refractivity contribution in [3.05, 3.63) is 120 Å². The van der Waals surface area contributed by atoms with E-state index < -0.39 is 28.5 Å². The number of anilines is 1. The third-order valence-corrected chi connectivity index (χ3v) is 10.1. The highest BCUT2D eigenvalue weighted by Crippen LogP contribution is 2.29. The molecule has 240 valence electrons. The first-order valence-electron chi connectivity index (χ1n) is 15.7. The molecule has 9 heteroatoms. The summed E-state index contributed by atoms with van der Waals surface area (Å²) in [6.07, 6.45) is 3.95. The molecule has 0 spiro atoms. The van der Waals surface area contributed by atoms with Crippen LogP contribution < -0.4 is 14.4 Å². The SMILES string of the molecule is Cc1ccc(S(=O)(=O)N(CC(=O)N(Cc2cccc(C)c2)C(C)C(=O)NC2CCCC2)c2ccc(Oc3ccccc3)cc2)cc1. The van der Waals surface area contributed by atoms with E-state index in [0.29, 0.717) is 17.2 Å². The number of hydrogen-bond donors (Lipinski definition) is 1. The average Bonchev–Trinajstić information content (AvgIpc) is 3.56. The van der Waals surface area contributed by atoms with E-state index in [1.54, 1.807) is 43.3 Å². The molecule has 0 bridgehead atoms. The predicted molar refractivity (Wildman–Crippen MR) is 180 cm³/mol. The molecule has 0 heterocycles. The summed E-state index contributed by atoms with van der Waals surface area (Å²) in [5.74, 6) is 0.428. The Morgan fingerprint density at radius 2 is 1.48 bits per heavy atom. The van der Waals surface area contributed by atoms with Crippen molar-refractivity contribution >= 4 is 27.5 Å². The van der Waals surface area contributed by atoms with Crippen LogP contribution in [0.5, 0.6) is 11.5 Å². The minimum atomic E-state index is -4.17. The molecular formula is C37H41N3O5S. The van der Waals surface area contributed by atoms with Crippen LogP contribution in [0.2, 0.25) is 0 Å². The Hall–Kier alpha value is -4.63. The summed E-state index contributed by atoms with van der Waals surface area (Å²) >= 11 is 0. The lowest BCUT2D eigenvalue weighted by Crippen LogP contribution is -2.52. The average molecular weight is 640 g/mol. The maximum Gasteiger partial charge on any atom is 0.264 e. The van der Waals surface area contributed by atoms with Crippen LogP contribution in [-0.2, 0) is 26.2 Å². The van der Waals surface area contributed by atoms with Crippen LogP contribution in [0.25, 0.3) is 0 Å². The van der Waals surface area contributed by atoms with E-state index >= 15 is 0 Å². The van der Waals surface area contributed by atoms with Gasteiger partial charge >= 0.3 is 0 Å². The number of para-hydroxylation sites is 1. The van der Waals surface area contributed by atoms with E-state index in [1.165, 1.54) is 17.0 Å². The van der Waals surface area contributed by atoms with Gasteiger partial charge in [-0.25, -0.2) is 8.42 Å². The number of benzene rings is 4. The Kier molecular flexibility index (Phi) is 10.4. The molecule has 2 amide bonds. The van der Waals surface area contributed by atoms with Gasteiger partial charge < -0.3 is 15.0 Å². The molecule has 1 saturated carbocycles. The molecule has 4 aromatic carbocycles. The zero-order chi connectivity index (χ0) is 32.7. The van der Waals surface area contributed by atoms with Crippen LogP contribution in [0.4, 0.5) is 5.69 Å². The number of rotatable bonds is 12. The molecule has 8 nitrogen and oxygen atoms in total. The van der Waals surface area contributed by atoms with Crippen molar-refractivity contribution in [2.45, 2.75) is 70.0 Å². The molecule has 46 heavy (non-hydrogen) atoms. The van der Waals surface area contributed by atoms with Gasteiger partial charge in [-0.05, 0) is 87.7 Å². The van der Waals surface area contributed by atoms with Crippen LogP contribution in [0.3, 0.4) is 0 Å². The second kappa shape index (κ2) is 14.6. The van der Waals surface area contributed by atoms with Gasteiger partial charge in [0.2, 0.25) is 11.8 Å². The summed E-state index contributed by atoms with van der Waals surface area (Å²) in [4.78, 5) is 29.2. The number of amides is 2. The quantitative estimate of drug-likeness (QED) is 0.185. The van der Waals surface area contributed by atoms with Gasteiger partial charge in [-0.3, -0.25) is 13.9 Å². The third-order valence-electron chi connectivity index (χ3n) is 8.30. The Balaban J connectivity index is 1.47. The summed E-state index contributed by atoms with van der Waals surface area (Å²) in [6.45, 7) is 5.20. The lowest BCUT2D eigenvalue weighted by molar-refractivity contribution is -0.139. The first kappa shape index (κ1) is 32.8. The fraction of sp³-hybridized carbons (Fsp3) is 0.297. The highest BCUT2D eigenvalue weighted by Gasteiger charge is 2.33. The van der Waals surface area contributed by atoms with Gasteiger partial charge in [0.25, 0.3) is 10.0 Å². The summed E-state index contributed by atoms with van der Waals surface area (Å²) in [5.41, 5.74) is 3.09. The normalized spacial score (nSPS) is 14.0. The summed E-state index contributed by atoms with van der Waals surface area (Å²) in [7, 11) is -4.17. The largest absolute Gasteiger partial charge is 0.457 e. The molecular weight excluding hydrogens is 598 g/mol. The van der Waals surface area contributed by atoms with E-state index in [0.717, 1.165) is 46.7 Å². The number of nitrogens with zero attached hydrogens (tertiary/aromatic N) is 2. The van der Waals surface area contributed by atoms with Crippen LogP contribution in [0.1, 0.15) is 49.3 Å². The third kappa shape index (κ3) is 8.14. The van der Waals surface area contributed by atoms with Gasteiger partial charge in [-0.15, -0.1) is 0 Å². The molecule has 0 aromatic heterocycles. The lowest BCUT2D eigenvalue weighted by atomic mass is 10.1. The van der Waals surface area contributed by atoms with Crippen molar-refractivity contribution in [1.29, 1.82) is 0 Å². The van der Waals surface area contributed by atoms with E-state index in [2.05, 4.69) is 5.32 Å². The van der Waals surface area contributed by atoms with Gasteiger partial charge in [0, 0.05) is 12.6 Å². The van der Waals surface area contributed by atoms with E-state index in [1.807, 2.05) is 68.4 Å². The number of nitrogens with one attached hydrogen (secondary N) is 1. The fourth-order valence-electron chi connectivity index (χ4n) is 5.65. The summed E-state index contributed by atoms with van der Waals surface area (Å²) in [5, 5.41) is 3.11. The van der Waals surface area contributed by atoms with Gasteiger partial charge in [-0.2, -0.15) is 0 Å². The highest BCUT2D eigenvalue weighted by molar-refractivity contribution is 7.92. The molecule has 0 saturated heterocycles. The molecule has 0 aliphatic heterocycles. The predicted octanol–water partition coefficient (Wildman–Crippen LogP) is 6.77. The van der Waals surface area contributed by atoms with Crippen molar-refractivity contribution in [3.63, 3.8) is 0 Å². The van der Waals surface area contributed by atoms with Crippen molar-refractivity contribution in [1.82, 2.24) is 10.2 Å². The van der Waals surface area contributed by atoms with E-state index in [-0.39, 0.29) is 23.4 Å². The van der Waals surface area contributed by atoms with E-state index in [9.17, 15) is 18.0 Å². The molecule has 1 aliphatic rings. The van der Waals surface area contributed by atoms with Crippen molar-refractivity contribution < 1.29 is 22.7 Å². The Morgan fingerprint density at radius 1 is 0.826 bits per heavy atom. The van der Waals surface area contributed by atoms with Crippen molar-refractivity contribution in [3.8, 4) is 11.5 Å². The number of hydrogen-bond acceptors (Lipinski definition) is 5. The maximum absolute atomic E-state index is 14.3. The van der Waals surface area contributed by atoms with Gasteiger partial charge in [-0.1, -0.05) is 78.6 Å². The van der Waals surface area contributed by atoms with Crippen LogP contribution >= 0.6 is 0 Å². The molecule has 1 unspecified atom stereocenters. The van der Waals surface area contributed by atoms with Crippen LogP contribution in [-0.4, -0.2) is 43.8 Å². The highest BCUT2D eigenvalue weighted by atomic mass is 32.2. The van der Waals surface area contributed by atoms with Crippen molar-refractivity contribution in [2.75, 3.05) is 10.8 Å². The Labute approximate surface area is 272 Å². The minimum Gasteiger partial charge on any atom is -0.457 e. The van der Waals surface area contributed by atoms with Crippen LogP contribution in [0, 0.1) is 13.8 Å². The molecule has 1 atom stereocenters. The number of sulfonamides is 1. The molecule has 5 rings (SSSR count). The topological polar surface area (TPSA) is 96.0 Å². The fourth-order valence-corrected chi connectivity index (χ4v) is 7.07. The number of ether oxygens (including phenoxy) is 1. The molecule has 1 N–H and O–H groups in total. The number of carbonyl (C=O) groups excluding carboxylic acids is 2. The first-order valence-corrected chi connectivity index (χ1v) is 17.1. The molecule has 0 radical (unpaired) electrons.